The Hall–Kier alpha value is -1.18. The fraction of sp³-hybridized carbons (Fsp3) is 0.667. The van der Waals surface area contributed by atoms with Crippen molar-refractivity contribution in [2.75, 3.05) is 13.7 Å². The second-order valence-corrected chi connectivity index (χ2v) is 5.33. The number of rotatable bonds is 12. The first-order valence-electron chi connectivity index (χ1n) is 8.14. The maximum atomic E-state index is 5.76. The summed E-state index contributed by atoms with van der Waals surface area (Å²) in [6.45, 7) is 3.05. The van der Waals surface area contributed by atoms with Crippen LogP contribution in [-0.2, 0) is 0 Å². The molecule has 0 amide bonds. The van der Waals surface area contributed by atoms with Crippen molar-refractivity contribution >= 4 is 0 Å². The van der Waals surface area contributed by atoms with Crippen molar-refractivity contribution in [3.63, 3.8) is 0 Å². The highest BCUT2D eigenvalue weighted by molar-refractivity contribution is 5.39. The Balaban J connectivity index is 1.97. The van der Waals surface area contributed by atoms with Crippen LogP contribution in [0.5, 0.6) is 11.5 Å². The Labute approximate surface area is 124 Å². The van der Waals surface area contributed by atoms with Crippen LogP contribution in [-0.4, -0.2) is 13.7 Å². The molecule has 2 heteroatoms. The smallest absolute Gasteiger partial charge is 0.161 e. The van der Waals surface area contributed by atoms with Gasteiger partial charge < -0.3 is 9.47 Å². The summed E-state index contributed by atoms with van der Waals surface area (Å²) in [5.74, 6) is 1.68. The second-order valence-electron chi connectivity index (χ2n) is 5.33. The minimum Gasteiger partial charge on any atom is -0.493 e. The van der Waals surface area contributed by atoms with Crippen molar-refractivity contribution in [1.82, 2.24) is 0 Å². The molecule has 0 saturated carbocycles. The van der Waals surface area contributed by atoms with Crippen LogP contribution >= 0.6 is 0 Å². The summed E-state index contributed by atoms with van der Waals surface area (Å²) >= 11 is 0. The average Bonchev–Trinajstić information content (AvgIpc) is 2.49. The van der Waals surface area contributed by atoms with Gasteiger partial charge in [0.25, 0.3) is 0 Å². The normalized spacial score (nSPS) is 10.5. The number of benzene rings is 1. The van der Waals surface area contributed by atoms with Gasteiger partial charge in [-0.2, -0.15) is 0 Å². The summed E-state index contributed by atoms with van der Waals surface area (Å²) in [5.41, 5.74) is 0. The fourth-order valence-corrected chi connectivity index (χ4v) is 2.33. The summed E-state index contributed by atoms with van der Waals surface area (Å²) in [6, 6.07) is 7.84. The lowest BCUT2D eigenvalue weighted by molar-refractivity contribution is 0.284. The molecule has 0 saturated heterocycles. The molecule has 0 spiro atoms. The lowest BCUT2D eigenvalue weighted by Gasteiger charge is -2.10. The topological polar surface area (TPSA) is 18.5 Å². The Morgan fingerprint density at radius 3 is 1.90 bits per heavy atom. The van der Waals surface area contributed by atoms with E-state index in [1.54, 1.807) is 7.11 Å². The van der Waals surface area contributed by atoms with Crippen LogP contribution in [0.1, 0.15) is 64.7 Å². The van der Waals surface area contributed by atoms with E-state index < -0.39 is 0 Å². The molecule has 1 aromatic carbocycles. The van der Waals surface area contributed by atoms with E-state index in [0.29, 0.717) is 0 Å². The van der Waals surface area contributed by atoms with E-state index in [4.69, 9.17) is 9.47 Å². The molecule has 0 atom stereocenters. The predicted molar refractivity (Wildman–Crippen MR) is 85.7 cm³/mol. The molecule has 0 heterocycles. The third kappa shape index (κ3) is 7.42. The summed E-state index contributed by atoms with van der Waals surface area (Å²) in [5, 5.41) is 0. The van der Waals surface area contributed by atoms with E-state index in [1.807, 2.05) is 24.3 Å². The quantitative estimate of drug-likeness (QED) is 0.463. The van der Waals surface area contributed by atoms with Gasteiger partial charge in [0.05, 0.1) is 13.7 Å². The van der Waals surface area contributed by atoms with Gasteiger partial charge in [-0.1, -0.05) is 70.4 Å². The standard InChI is InChI=1S/C18H30O2/c1-3-4-5-6-7-8-9-10-13-16-20-18-15-12-11-14-17(18)19-2/h11-12,14-15H,3-10,13,16H2,1-2H3. The van der Waals surface area contributed by atoms with Crippen LogP contribution in [0.15, 0.2) is 24.3 Å². The molecule has 0 aliphatic rings. The molecule has 0 radical (unpaired) electrons. The molecular weight excluding hydrogens is 248 g/mol. The number of hydrogen-bond donors (Lipinski definition) is 0. The van der Waals surface area contributed by atoms with Crippen LogP contribution in [0.3, 0.4) is 0 Å². The summed E-state index contributed by atoms with van der Waals surface area (Å²) in [6.07, 6.45) is 12.1. The zero-order valence-electron chi connectivity index (χ0n) is 13.2. The molecule has 20 heavy (non-hydrogen) atoms. The lowest BCUT2D eigenvalue weighted by atomic mass is 10.1. The highest BCUT2D eigenvalue weighted by Crippen LogP contribution is 2.25. The van der Waals surface area contributed by atoms with E-state index in [0.717, 1.165) is 24.5 Å². The molecule has 1 aromatic rings. The molecule has 0 aliphatic heterocycles. The largest absolute Gasteiger partial charge is 0.493 e. The number of hydrogen-bond acceptors (Lipinski definition) is 2. The van der Waals surface area contributed by atoms with E-state index in [-0.39, 0.29) is 0 Å². The van der Waals surface area contributed by atoms with Crippen molar-refractivity contribution < 1.29 is 9.47 Å². The third-order valence-corrected chi connectivity index (χ3v) is 3.57. The van der Waals surface area contributed by atoms with Gasteiger partial charge in [0.15, 0.2) is 11.5 Å². The van der Waals surface area contributed by atoms with E-state index >= 15 is 0 Å². The minimum absolute atomic E-state index is 0.788. The van der Waals surface area contributed by atoms with Crippen LogP contribution in [0.2, 0.25) is 0 Å². The molecule has 0 unspecified atom stereocenters. The van der Waals surface area contributed by atoms with Crippen molar-refractivity contribution in [1.29, 1.82) is 0 Å². The van der Waals surface area contributed by atoms with Gasteiger partial charge in [0, 0.05) is 0 Å². The summed E-state index contributed by atoms with van der Waals surface area (Å²) < 4.78 is 11.0. The predicted octanol–water partition coefficient (Wildman–Crippen LogP) is 5.60. The first kappa shape index (κ1) is 16.9. The van der Waals surface area contributed by atoms with E-state index in [9.17, 15) is 0 Å². The zero-order chi connectivity index (χ0) is 14.5. The average molecular weight is 278 g/mol. The maximum Gasteiger partial charge on any atom is 0.161 e. The Morgan fingerprint density at radius 1 is 0.750 bits per heavy atom. The van der Waals surface area contributed by atoms with Crippen LogP contribution < -0.4 is 9.47 Å². The monoisotopic (exact) mass is 278 g/mol. The number of ether oxygens (including phenoxy) is 2. The summed E-state index contributed by atoms with van der Waals surface area (Å²) in [4.78, 5) is 0. The van der Waals surface area contributed by atoms with Gasteiger partial charge in [0.2, 0.25) is 0 Å². The van der Waals surface area contributed by atoms with Crippen molar-refractivity contribution in [3.05, 3.63) is 24.3 Å². The van der Waals surface area contributed by atoms with Gasteiger partial charge in [-0.05, 0) is 18.6 Å². The number of methoxy groups -OCH3 is 1. The Morgan fingerprint density at radius 2 is 1.30 bits per heavy atom. The highest BCUT2D eigenvalue weighted by Gasteiger charge is 2.01. The molecule has 0 aliphatic carbocycles. The molecule has 0 fully saturated rings. The Kier molecular flexibility index (Phi) is 9.81. The van der Waals surface area contributed by atoms with Crippen molar-refractivity contribution in [2.24, 2.45) is 0 Å². The van der Waals surface area contributed by atoms with E-state index in [1.165, 1.54) is 51.4 Å². The maximum absolute atomic E-state index is 5.76. The first-order valence-corrected chi connectivity index (χ1v) is 8.14. The lowest BCUT2D eigenvalue weighted by Crippen LogP contribution is -1.99. The first-order chi connectivity index (χ1) is 9.88. The SMILES string of the molecule is CCCCCCCCCCCOc1ccccc1OC. The van der Waals surface area contributed by atoms with Gasteiger partial charge in [0.1, 0.15) is 0 Å². The second kappa shape index (κ2) is 11.6. The van der Waals surface area contributed by atoms with Crippen LogP contribution in [0.25, 0.3) is 0 Å². The van der Waals surface area contributed by atoms with Crippen LogP contribution in [0.4, 0.5) is 0 Å². The number of unbranched alkanes of at least 4 members (excludes halogenated alkanes) is 8. The molecule has 0 aromatic heterocycles. The van der Waals surface area contributed by atoms with E-state index in [2.05, 4.69) is 6.92 Å². The number of para-hydroxylation sites is 2. The molecular formula is C18H30O2. The van der Waals surface area contributed by atoms with Gasteiger partial charge in [-0.25, -0.2) is 0 Å². The van der Waals surface area contributed by atoms with Gasteiger partial charge in [-0.3, -0.25) is 0 Å². The zero-order valence-corrected chi connectivity index (χ0v) is 13.2. The minimum atomic E-state index is 0.788. The third-order valence-electron chi connectivity index (χ3n) is 3.57. The molecule has 2 nitrogen and oxygen atoms in total. The van der Waals surface area contributed by atoms with Crippen molar-refractivity contribution in [2.45, 2.75) is 64.7 Å². The molecule has 0 N–H and O–H groups in total. The van der Waals surface area contributed by atoms with Gasteiger partial charge in [-0.15, -0.1) is 0 Å². The highest BCUT2D eigenvalue weighted by atomic mass is 16.5. The summed E-state index contributed by atoms with van der Waals surface area (Å²) in [7, 11) is 1.68. The molecule has 114 valence electrons. The van der Waals surface area contributed by atoms with Crippen LogP contribution in [0, 0.1) is 0 Å². The van der Waals surface area contributed by atoms with Crippen molar-refractivity contribution in [3.8, 4) is 11.5 Å². The molecule has 0 bridgehead atoms. The van der Waals surface area contributed by atoms with Gasteiger partial charge >= 0.3 is 0 Å². The fourth-order valence-electron chi connectivity index (χ4n) is 2.33. The molecule has 1 rings (SSSR count). The Bertz CT molecular complexity index is 336.